The van der Waals surface area contributed by atoms with Crippen LogP contribution in [0.5, 0.6) is 5.75 Å². The van der Waals surface area contributed by atoms with E-state index < -0.39 is 10.0 Å². The van der Waals surface area contributed by atoms with Crippen LogP contribution in [-0.2, 0) is 21.4 Å². The molecule has 2 aromatic carbocycles. The zero-order valence-corrected chi connectivity index (χ0v) is 17.5. The summed E-state index contributed by atoms with van der Waals surface area (Å²) in [5.74, 6) is 0.315. The number of rotatable bonds is 8. The Balaban J connectivity index is 1.79. The first-order chi connectivity index (χ1) is 14.0. The van der Waals surface area contributed by atoms with Crippen molar-refractivity contribution in [3.8, 4) is 5.75 Å². The summed E-state index contributed by atoms with van der Waals surface area (Å²) < 4.78 is 37.7. The molecule has 8 heteroatoms. The lowest BCUT2D eigenvalue weighted by Crippen LogP contribution is -2.27. The van der Waals surface area contributed by atoms with Gasteiger partial charge in [-0.2, -0.15) is 4.31 Å². The minimum Gasteiger partial charge on any atom is -0.496 e. The van der Waals surface area contributed by atoms with Crippen molar-refractivity contribution >= 4 is 21.6 Å². The standard InChI is InChI=1S/C21H26N2O5S/c1-3-28-15-17-13-16(9-10-20(17)27-2)21(24)22-18-7-6-8-19(14-18)29(25,26)23-11-4-5-12-23/h6-10,13-14H,3-5,11-12,15H2,1-2H3,(H,22,24). The van der Waals surface area contributed by atoms with E-state index in [4.69, 9.17) is 9.47 Å². The first kappa shape index (κ1) is 21.3. The maximum Gasteiger partial charge on any atom is 0.255 e. The van der Waals surface area contributed by atoms with Gasteiger partial charge in [0.05, 0.1) is 18.6 Å². The van der Waals surface area contributed by atoms with Crippen molar-refractivity contribution in [1.29, 1.82) is 0 Å². The highest BCUT2D eigenvalue weighted by atomic mass is 32.2. The van der Waals surface area contributed by atoms with Crippen LogP contribution in [0.25, 0.3) is 0 Å². The topological polar surface area (TPSA) is 84.9 Å². The van der Waals surface area contributed by atoms with E-state index in [0.717, 1.165) is 18.4 Å². The lowest BCUT2D eigenvalue weighted by Gasteiger charge is -2.16. The van der Waals surface area contributed by atoms with Crippen LogP contribution in [-0.4, -0.2) is 45.4 Å². The van der Waals surface area contributed by atoms with Crippen molar-refractivity contribution in [2.75, 3.05) is 32.1 Å². The number of amides is 1. The van der Waals surface area contributed by atoms with E-state index in [1.807, 2.05) is 6.92 Å². The molecule has 0 aromatic heterocycles. The Labute approximate surface area is 171 Å². The minimum atomic E-state index is -3.54. The van der Waals surface area contributed by atoms with Gasteiger partial charge in [-0.1, -0.05) is 6.07 Å². The summed E-state index contributed by atoms with van der Waals surface area (Å²) >= 11 is 0. The molecule has 0 bridgehead atoms. The molecule has 0 unspecified atom stereocenters. The van der Waals surface area contributed by atoms with Gasteiger partial charge in [0.1, 0.15) is 5.75 Å². The summed E-state index contributed by atoms with van der Waals surface area (Å²) in [6.45, 7) is 3.86. The summed E-state index contributed by atoms with van der Waals surface area (Å²) in [6.07, 6.45) is 1.74. The van der Waals surface area contributed by atoms with Crippen molar-refractivity contribution in [3.63, 3.8) is 0 Å². The number of methoxy groups -OCH3 is 1. The third-order valence-electron chi connectivity index (χ3n) is 4.80. The molecule has 1 saturated heterocycles. The lowest BCUT2D eigenvalue weighted by molar-refractivity contribution is 0.102. The summed E-state index contributed by atoms with van der Waals surface area (Å²) in [5, 5.41) is 2.78. The first-order valence-corrected chi connectivity index (χ1v) is 11.1. The number of benzene rings is 2. The molecule has 0 radical (unpaired) electrons. The van der Waals surface area contributed by atoms with E-state index in [1.165, 1.54) is 10.4 Å². The Morgan fingerprint density at radius 2 is 1.90 bits per heavy atom. The van der Waals surface area contributed by atoms with Crippen LogP contribution in [0.4, 0.5) is 5.69 Å². The molecule has 0 spiro atoms. The fourth-order valence-corrected chi connectivity index (χ4v) is 4.82. The molecule has 0 atom stereocenters. The van der Waals surface area contributed by atoms with Gasteiger partial charge in [-0.3, -0.25) is 4.79 Å². The quantitative estimate of drug-likeness (QED) is 0.711. The fourth-order valence-electron chi connectivity index (χ4n) is 3.26. The first-order valence-electron chi connectivity index (χ1n) is 9.62. The van der Waals surface area contributed by atoms with Crippen molar-refractivity contribution in [3.05, 3.63) is 53.6 Å². The average molecular weight is 419 g/mol. The number of ether oxygens (including phenoxy) is 2. The SMILES string of the molecule is CCOCc1cc(C(=O)Nc2cccc(S(=O)(=O)N3CCCC3)c2)ccc1OC. The van der Waals surface area contributed by atoms with Crippen LogP contribution >= 0.6 is 0 Å². The molecule has 0 aliphatic carbocycles. The molecule has 7 nitrogen and oxygen atoms in total. The van der Waals surface area contributed by atoms with Crippen molar-refractivity contribution in [1.82, 2.24) is 4.31 Å². The van der Waals surface area contributed by atoms with Gasteiger partial charge in [0.2, 0.25) is 10.0 Å². The third-order valence-corrected chi connectivity index (χ3v) is 6.69. The summed E-state index contributed by atoms with van der Waals surface area (Å²) in [6, 6.07) is 11.5. The summed E-state index contributed by atoms with van der Waals surface area (Å²) in [5.41, 5.74) is 1.64. The van der Waals surface area contributed by atoms with E-state index in [2.05, 4.69) is 5.32 Å². The van der Waals surface area contributed by atoms with Gasteiger partial charge >= 0.3 is 0 Å². The lowest BCUT2D eigenvalue weighted by atomic mass is 10.1. The van der Waals surface area contributed by atoms with Crippen LogP contribution in [0.2, 0.25) is 0 Å². The Bertz CT molecular complexity index is 969. The predicted octanol–water partition coefficient (Wildman–Crippen LogP) is 3.27. The highest BCUT2D eigenvalue weighted by Crippen LogP contribution is 2.24. The van der Waals surface area contributed by atoms with Gasteiger partial charge in [0.15, 0.2) is 0 Å². The number of carbonyl (C=O) groups excluding carboxylic acids is 1. The van der Waals surface area contributed by atoms with Crippen molar-refractivity contribution in [2.45, 2.75) is 31.3 Å². The number of carbonyl (C=O) groups is 1. The van der Waals surface area contributed by atoms with Crippen LogP contribution in [0.15, 0.2) is 47.4 Å². The van der Waals surface area contributed by atoms with Crippen LogP contribution in [0.3, 0.4) is 0 Å². The number of nitrogens with zero attached hydrogens (tertiary/aromatic N) is 1. The number of nitrogens with one attached hydrogen (secondary N) is 1. The molecule has 29 heavy (non-hydrogen) atoms. The number of sulfonamides is 1. The van der Waals surface area contributed by atoms with Crippen LogP contribution in [0, 0.1) is 0 Å². The molecular formula is C21H26N2O5S. The van der Waals surface area contributed by atoms with Crippen molar-refractivity contribution in [2.24, 2.45) is 0 Å². The van der Waals surface area contributed by atoms with Crippen LogP contribution < -0.4 is 10.1 Å². The summed E-state index contributed by atoms with van der Waals surface area (Å²) in [4.78, 5) is 12.9. The molecule has 1 amide bonds. The van der Waals surface area contributed by atoms with Gasteiger partial charge in [-0.15, -0.1) is 0 Å². The Kier molecular flexibility index (Phi) is 6.89. The second-order valence-electron chi connectivity index (χ2n) is 6.76. The maximum atomic E-state index is 12.7. The fraction of sp³-hybridized carbons (Fsp3) is 0.381. The second-order valence-corrected chi connectivity index (χ2v) is 8.69. The predicted molar refractivity (Wildman–Crippen MR) is 111 cm³/mol. The highest BCUT2D eigenvalue weighted by Gasteiger charge is 2.27. The number of hydrogen-bond acceptors (Lipinski definition) is 5. The molecular weight excluding hydrogens is 392 g/mol. The summed E-state index contributed by atoms with van der Waals surface area (Å²) in [7, 11) is -1.97. The Hall–Kier alpha value is -2.42. The molecule has 2 aromatic rings. The zero-order valence-electron chi connectivity index (χ0n) is 16.7. The molecule has 3 rings (SSSR count). The zero-order chi connectivity index (χ0) is 20.9. The van der Waals surface area contributed by atoms with Gasteiger partial charge in [0, 0.05) is 36.5 Å². The average Bonchev–Trinajstić information content (AvgIpc) is 3.28. The van der Waals surface area contributed by atoms with Gasteiger partial charge in [-0.25, -0.2) is 8.42 Å². The normalized spacial score (nSPS) is 14.7. The molecule has 0 saturated carbocycles. The van der Waals surface area contributed by atoms with Crippen LogP contribution in [0.1, 0.15) is 35.7 Å². The van der Waals surface area contributed by atoms with Gasteiger partial charge in [-0.05, 0) is 56.2 Å². The third kappa shape index (κ3) is 4.95. The smallest absolute Gasteiger partial charge is 0.255 e. The van der Waals surface area contributed by atoms with E-state index in [9.17, 15) is 13.2 Å². The van der Waals surface area contributed by atoms with E-state index in [-0.39, 0.29) is 10.8 Å². The Morgan fingerprint density at radius 1 is 1.14 bits per heavy atom. The number of anilines is 1. The highest BCUT2D eigenvalue weighted by molar-refractivity contribution is 7.89. The van der Waals surface area contributed by atoms with Crippen molar-refractivity contribution < 1.29 is 22.7 Å². The van der Waals surface area contributed by atoms with E-state index in [1.54, 1.807) is 43.5 Å². The molecule has 1 aliphatic rings. The molecule has 1 N–H and O–H groups in total. The van der Waals surface area contributed by atoms with E-state index >= 15 is 0 Å². The maximum absolute atomic E-state index is 12.7. The molecule has 1 aliphatic heterocycles. The minimum absolute atomic E-state index is 0.184. The Morgan fingerprint density at radius 3 is 2.59 bits per heavy atom. The molecule has 1 fully saturated rings. The number of hydrogen-bond donors (Lipinski definition) is 1. The largest absolute Gasteiger partial charge is 0.496 e. The molecule has 156 valence electrons. The second kappa shape index (κ2) is 9.39. The van der Waals surface area contributed by atoms with E-state index in [0.29, 0.717) is 43.3 Å². The molecule has 1 heterocycles. The monoisotopic (exact) mass is 418 g/mol. The van der Waals surface area contributed by atoms with Gasteiger partial charge < -0.3 is 14.8 Å². The van der Waals surface area contributed by atoms with Gasteiger partial charge in [0.25, 0.3) is 5.91 Å².